The van der Waals surface area contributed by atoms with E-state index in [1.807, 2.05) is 11.3 Å². The van der Waals surface area contributed by atoms with Gasteiger partial charge in [-0.15, -0.1) is 11.3 Å². The van der Waals surface area contributed by atoms with Crippen LogP contribution in [0.1, 0.15) is 28.4 Å². The number of aryl methyl sites for hydroxylation is 2. The minimum atomic E-state index is 0.855. The van der Waals surface area contributed by atoms with Gasteiger partial charge in [-0.25, -0.2) is 4.98 Å². The molecule has 2 heterocycles. The Morgan fingerprint density at radius 3 is 2.65 bits per heavy atom. The molecular weight excluding hydrogens is 230 g/mol. The zero-order valence-corrected chi connectivity index (χ0v) is 11.9. The topological polar surface area (TPSA) is 28.2 Å². The van der Waals surface area contributed by atoms with Crippen LogP contribution in [0.4, 0.5) is 0 Å². The molecule has 3 nitrogen and oxygen atoms in total. The number of nitrogens with one attached hydrogen (secondary N) is 1. The predicted molar refractivity (Wildman–Crippen MR) is 73.5 cm³/mol. The van der Waals surface area contributed by atoms with Crippen molar-refractivity contribution in [2.45, 2.75) is 33.2 Å². The Hall–Kier alpha value is -0.450. The molecule has 1 N–H and O–H groups in total. The lowest BCUT2D eigenvalue weighted by atomic mass is 9.97. The molecule has 0 saturated carbocycles. The number of piperidine rings is 1. The summed E-state index contributed by atoms with van der Waals surface area (Å²) in [4.78, 5) is 8.32. The molecule has 17 heavy (non-hydrogen) atoms. The van der Waals surface area contributed by atoms with Crippen LogP contribution >= 0.6 is 11.3 Å². The van der Waals surface area contributed by atoms with Gasteiger partial charge >= 0.3 is 0 Å². The van der Waals surface area contributed by atoms with Crippen LogP contribution in [-0.2, 0) is 6.54 Å². The molecule has 96 valence electrons. The van der Waals surface area contributed by atoms with E-state index in [9.17, 15) is 0 Å². The van der Waals surface area contributed by atoms with Crippen molar-refractivity contribution in [2.75, 3.05) is 26.7 Å². The fraction of sp³-hybridized carbons (Fsp3) is 0.769. The number of hydrogen-bond acceptors (Lipinski definition) is 4. The molecule has 0 radical (unpaired) electrons. The van der Waals surface area contributed by atoms with Gasteiger partial charge in [0.1, 0.15) is 5.01 Å². The van der Waals surface area contributed by atoms with Gasteiger partial charge < -0.3 is 10.2 Å². The summed E-state index contributed by atoms with van der Waals surface area (Å²) < 4.78 is 0. The molecule has 1 aromatic rings. The molecule has 0 atom stereocenters. The van der Waals surface area contributed by atoms with E-state index in [0.29, 0.717) is 0 Å². The maximum Gasteiger partial charge on any atom is 0.107 e. The summed E-state index contributed by atoms with van der Waals surface area (Å²) in [6.45, 7) is 8.82. The van der Waals surface area contributed by atoms with E-state index < -0.39 is 0 Å². The van der Waals surface area contributed by atoms with Gasteiger partial charge in [-0.2, -0.15) is 0 Å². The minimum absolute atomic E-state index is 0.855. The van der Waals surface area contributed by atoms with Crippen molar-refractivity contribution in [3.8, 4) is 0 Å². The average Bonchev–Trinajstić information content (AvgIpc) is 2.61. The Kier molecular flexibility index (Phi) is 4.54. The van der Waals surface area contributed by atoms with Gasteiger partial charge in [0.15, 0.2) is 0 Å². The molecule has 4 heteroatoms. The van der Waals surface area contributed by atoms with Gasteiger partial charge in [0.25, 0.3) is 0 Å². The van der Waals surface area contributed by atoms with E-state index in [-0.39, 0.29) is 0 Å². The van der Waals surface area contributed by atoms with Gasteiger partial charge in [0.2, 0.25) is 0 Å². The minimum Gasteiger partial charge on any atom is -0.310 e. The summed E-state index contributed by atoms with van der Waals surface area (Å²) in [6.07, 6.45) is 2.67. The van der Waals surface area contributed by atoms with Crippen molar-refractivity contribution < 1.29 is 0 Å². The van der Waals surface area contributed by atoms with Gasteiger partial charge in [-0.05, 0) is 59.3 Å². The van der Waals surface area contributed by atoms with E-state index in [2.05, 4.69) is 36.1 Å². The zero-order valence-electron chi connectivity index (χ0n) is 11.1. The Labute approximate surface area is 108 Å². The molecule has 2 rings (SSSR count). The van der Waals surface area contributed by atoms with Crippen LogP contribution in [-0.4, -0.2) is 36.6 Å². The number of rotatable bonds is 4. The van der Waals surface area contributed by atoms with Crippen LogP contribution in [0.5, 0.6) is 0 Å². The molecule has 1 aliphatic heterocycles. The van der Waals surface area contributed by atoms with Crippen LogP contribution in [0.15, 0.2) is 0 Å². The first-order valence-corrected chi connectivity index (χ1v) is 7.29. The summed E-state index contributed by atoms with van der Waals surface area (Å²) >= 11 is 1.82. The van der Waals surface area contributed by atoms with Gasteiger partial charge in [-0.3, -0.25) is 0 Å². The smallest absolute Gasteiger partial charge is 0.107 e. The highest BCUT2D eigenvalue weighted by atomic mass is 32.1. The molecule has 0 spiro atoms. The first-order valence-electron chi connectivity index (χ1n) is 6.47. The Bertz CT molecular complexity index is 334. The summed E-state index contributed by atoms with van der Waals surface area (Å²) in [5.41, 5.74) is 1.19. The summed E-state index contributed by atoms with van der Waals surface area (Å²) in [6, 6.07) is 0. The largest absolute Gasteiger partial charge is 0.310 e. The monoisotopic (exact) mass is 253 g/mol. The highest BCUT2D eigenvalue weighted by molar-refractivity contribution is 7.11. The van der Waals surface area contributed by atoms with E-state index in [0.717, 1.165) is 19.0 Å². The molecule has 0 aromatic carbocycles. The molecule has 0 unspecified atom stereocenters. The Balaban J connectivity index is 1.69. The quantitative estimate of drug-likeness (QED) is 0.891. The van der Waals surface area contributed by atoms with Crippen LogP contribution in [0, 0.1) is 19.8 Å². The molecule has 1 aromatic heterocycles. The van der Waals surface area contributed by atoms with E-state index in [4.69, 9.17) is 0 Å². The summed E-state index contributed by atoms with van der Waals surface area (Å²) in [5.74, 6) is 0.855. The predicted octanol–water partition coefficient (Wildman–Crippen LogP) is 2.19. The number of nitrogens with zero attached hydrogens (tertiary/aromatic N) is 2. The van der Waals surface area contributed by atoms with Crippen LogP contribution in [0.3, 0.4) is 0 Å². The van der Waals surface area contributed by atoms with E-state index in [1.165, 1.54) is 41.5 Å². The third kappa shape index (κ3) is 3.76. The molecule has 1 saturated heterocycles. The second kappa shape index (κ2) is 5.94. The molecule has 1 fully saturated rings. The SMILES string of the molecule is Cc1nc(CNCC2CCN(C)CC2)sc1C. The lowest BCUT2D eigenvalue weighted by Crippen LogP contribution is -2.34. The molecule has 0 aliphatic carbocycles. The van der Waals surface area contributed by atoms with E-state index >= 15 is 0 Å². The first kappa shape index (κ1) is 13.0. The molecule has 0 amide bonds. The van der Waals surface area contributed by atoms with Gasteiger partial charge in [0.05, 0.1) is 5.69 Å². The third-order valence-electron chi connectivity index (χ3n) is 3.62. The van der Waals surface area contributed by atoms with Crippen molar-refractivity contribution in [1.82, 2.24) is 15.2 Å². The average molecular weight is 253 g/mol. The third-order valence-corrected chi connectivity index (χ3v) is 4.69. The fourth-order valence-corrected chi connectivity index (χ4v) is 3.17. The number of likely N-dealkylation sites (tertiary alicyclic amines) is 1. The van der Waals surface area contributed by atoms with Gasteiger partial charge in [-0.1, -0.05) is 0 Å². The maximum absolute atomic E-state index is 4.55. The van der Waals surface area contributed by atoms with Crippen molar-refractivity contribution in [1.29, 1.82) is 0 Å². The van der Waals surface area contributed by atoms with E-state index in [1.54, 1.807) is 0 Å². The maximum atomic E-state index is 4.55. The Morgan fingerprint density at radius 2 is 2.06 bits per heavy atom. The standard InChI is InChI=1S/C13H23N3S/c1-10-11(2)17-13(15-10)9-14-8-12-4-6-16(3)7-5-12/h12,14H,4-9H2,1-3H3. The van der Waals surface area contributed by atoms with Crippen molar-refractivity contribution >= 4 is 11.3 Å². The Morgan fingerprint density at radius 1 is 1.35 bits per heavy atom. The van der Waals surface area contributed by atoms with Crippen molar-refractivity contribution in [3.63, 3.8) is 0 Å². The number of thiazole rings is 1. The van der Waals surface area contributed by atoms with Gasteiger partial charge in [0, 0.05) is 11.4 Å². The van der Waals surface area contributed by atoms with Crippen LogP contribution in [0.2, 0.25) is 0 Å². The lowest BCUT2D eigenvalue weighted by Gasteiger charge is -2.28. The second-order valence-corrected chi connectivity index (χ2v) is 6.41. The highest BCUT2D eigenvalue weighted by Gasteiger charge is 2.16. The van der Waals surface area contributed by atoms with Crippen LogP contribution < -0.4 is 5.32 Å². The molecule has 1 aliphatic rings. The summed E-state index contributed by atoms with van der Waals surface area (Å²) in [7, 11) is 2.21. The van der Waals surface area contributed by atoms with Crippen LogP contribution in [0.25, 0.3) is 0 Å². The second-order valence-electron chi connectivity index (χ2n) is 5.13. The normalized spacial score (nSPS) is 18.8. The van der Waals surface area contributed by atoms with Crippen molar-refractivity contribution in [3.05, 3.63) is 15.6 Å². The highest BCUT2D eigenvalue weighted by Crippen LogP contribution is 2.17. The van der Waals surface area contributed by atoms with Crippen molar-refractivity contribution in [2.24, 2.45) is 5.92 Å². The number of aromatic nitrogens is 1. The first-order chi connectivity index (χ1) is 8.15. The summed E-state index contributed by atoms with van der Waals surface area (Å²) in [5, 5.41) is 4.79. The zero-order chi connectivity index (χ0) is 12.3. The molecular formula is C13H23N3S. The fourth-order valence-electron chi connectivity index (χ4n) is 2.26. The lowest BCUT2D eigenvalue weighted by molar-refractivity contribution is 0.216. The number of hydrogen-bond donors (Lipinski definition) is 1. The molecule has 0 bridgehead atoms.